The van der Waals surface area contributed by atoms with Crippen molar-refractivity contribution in [2.24, 2.45) is 0 Å². The smallest absolute Gasteiger partial charge is 0.0786 e. The molecule has 0 bridgehead atoms. The molecular formula is C16H36Cl4IN-2. The molecule has 6 heteroatoms. The van der Waals surface area contributed by atoms with Crippen molar-refractivity contribution in [2.45, 2.75) is 79.1 Å². The summed E-state index contributed by atoms with van der Waals surface area (Å²) in [4.78, 5) is 0. The van der Waals surface area contributed by atoms with Crippen molar-refractivity contribution in [3.05, 3.63) is 0 Å². The van der Waals surface area contributed by atoms with Crippen LogP contribution in [0, 0.1) is 0 Å². The number of rotatable bonds is 12. The lowest BCUT2D eigenvalue weighted by Gasteiger charge is -2.39. The second-order valence-corrected chi connectivity index (χ2v) is 5.65. The SMILES string of the molecule is CCCC[N+](CCCC)(CCCC)CCCC.ClI.[Cl-].[Cl-].[Cl-]. The first kappa shape index (κ1) is 35.0. The van der Waals surface area contributed by atoms with Gasteiger partial charge in [0.25, 0.3) is 0 Å². The monoisotopic (exact) mass is 509 g/mol. The summed E-state index contributed by atoms with van der Waals surface area (Å²) in [5.41, 5.74) is 0. The van der Waals surface area contributed by atoms with Gasteiger partial charge >= 0.3 is 0 Å². The largest absolute Gasteiger partial charge is 1.00 e. The predicted octanol–water partition coefficient (Wildman–Crippen LogP) is -2.41. The standard InChI is InChI=1S/C16H36N.ClI.3ClH/c1-5-9-13-17(14-10-6-2,15-11-7-3)16-12-8-4;1-2;;;/h5-16H2,1-4H3;;3*1H/q+1;;;;/p-3. The van der Waals surface area contributed by atoms with Gasteiger partial charge < -0.3 is 41.7 Å². The highest BCUT2D eigenvalue weighted by molar-refractivity contribution is 14.1. The lowest BCUT2D eigenvalue weighted by Crippen LogP contribution is -3.00. The van der Waals surface area contributed by atoms with E-state index in [9.17, 15) is 0 Å². The highest BCUT2D eigenvalue weighted by Gasteiger charge is 2.24. The van der Waals surface area contributed by atoms with Crippen LogP contribution >= 0.6 is 30.4 Å². The van der Waals surface area contributed by atoms with E-state index in [0.29, 0.717) is 0 Å². The Morgan fingerprint density at radius 3 is 0.864 bits per heavy atom. The van der Waals surface area contributed by atoms with E-state index in [1.54, 1.807) is 21.5 Å². The van der Waals surface area contributed by atoms with Crippen molar-refractivity contribution < 1.29 is 41.7 Å². The lowest BCUT2D eigenvalue weighted by molar-refractivity contribution is -0.929. The molecule has 0 saturated heterocycles. The third-order valence-corrected chi connectivity index (χ3v) is 3.94. The van der Waals surface area contributed by atoms with Crippen LogP contribution in [0.1, 0.15) is 79.1 Å². The van der Waals surface area contributed by atoms with Gasteiger partial charge in [0.2, 0.25) is 0 Å². The Hall–Kier alpha value is 1.85. The molecule has 0 heterocycles. The number of nitrogens with zero attached hydrogens (tertiary/aromatic N) is 1. The molecule has 0 aromatic rings. The van der Waals surface area contributed by atoms with Crippen LogP contribution in [0.3, 0.4) is 0 Å². The molecule has 0 N–H and O–H groups in total. The maximum atomic E-state index is 4.61. The molecule has 0 radical (unpaired) electrons. The predicted molar refractivity (Wildman–Crippen MR) is 99.2 cm³/mol. The molecule has 0 unspecified atom stereocenters. The van der Waals surface area contributed by atoms with E-state index in [4.69, 9.17) is 0 Å². The molecule has 142 valence electrons. The van der Waals surface area contributed by atoms with E-state index in [0.717, 1.165) is 0 Å². The molecule has 0 aromatic heterocycles. The van der Waals surface area contributed by atoms with Gasteiger partial charge in [0, 0.05) is 21.5 Å². The fraction of sp³-hybridized carbons (Fsp3) is 1.00. The first-order chi connectivity index (χ1) is 9.24. The Labute approximate surface area is 176 Å². The molecule has 0 aliphatic heterocycles. The number of quaternary nitrogens is 1. The maximum Gasteiger partial charge on any atom is 0.0786 e. The van der Waals surface area contributed by atoms with Gasteiger partial charge in [-0.15, -0.1) is 0 Å². The van der Waals surface area contributed by atoms with Crippen molar-refractivity contribution in [3.63, 3.8) is 0 Å². The van der Waals surface area contributed by atoms with Gasteiger partial charge in [-0.2, -0.15) is 0 Å². The number of halogens is 5. The van der Waals surface area contributed by atoms with Crippen LogP contribution in [0.5, 0.6) is 0 Å². The Morgan fingerprint density at radius 2 is 0.727 bits per heavy atom. The summed E-state index contributed by atoms with van der Waals surface area (Å²) < 4.78 is 1.42. The van der Waals surface area contributed by atoms with Crippen LogP contribution in [0.4, 0.5) is 0 Å². The van der Waals surface area contributed by atoms with Gasteiger partial charge in [-0.1, -0.05) is 53.4 Å². The molecular weight excluding hydrogens is 475 g/mol. The van der Waals surface area contributed by atoms with Gasteiger partial charge in [-0.05, 0) is 34.6 Å². The Kier molecular flexibility index (Phi) is 44.1. The van der Waals surface area contributed by atoms with Crippen LogP contribution in [-0.2, 0) is 0 Å². The minimum absolute atomic E-state index is 0. The van der Waals surface area contributed by atoms with Crippen LogP contribution in [0.15, 0.2) is 0 Å². The Balaban J connectivity index is -0.000000184. The average molecular weight is 511 g/mol. The molecule has 0 aliphatic rings. The second-order valence-electron chi connectivity index (χ2n) is 5.65. The van der Waals surface area contributed by atoms with E-state index in [2.05, 4.69) is 36.6 Å². The maximum absolute atomic E-state index is 4.61. The number of hydrogen-bond acceptors (Lipinski definition) is 0. The topological polar surface area (TPSA) is 0 Å². The number of hydrogen-bond donors (Lipinski definition) is 0. The van der Waals surface area contributed by atoms with E-state index >= 15 is 0 Å². The van der Waals surface area contributed by atoms with Crippen LogP contribution in [0.2, 0.25) is 0 Å². The quantitative estimate of drug-likeness (QED) is 0.203. The minimum Gasteiger partial charge on any atom is -1.00 e. The highest BCUT2D eigenvalue weighted by atomic mass is 127. The van der Waals surface area contributed by atoms with Crippen LogP contribution in [0.25, 0.3) is 0 Å². The van der Waals surface area contributed by atoms with Gasteiger partial charge in [-0.3, -0.25) is 0 Å². The average Bonchev–Trinajstić information content (AvgIpc) is 2.48. The summed E-state index contributed by atoms with van der Waals surface area (Å²) >= 11 is 1.62. The van der Waals surface area contributed by atoms with E-state index in [1.165, 1.54) is 82.0 Å². The molecule has 1 nitrogen and oxygen atoms in total. The summed E-state index contributed by atoms with van der Waals surface area (Å²) in [5.74, 6) is 0. The Morgan fingerprint density at radius 1 is 0.545 bits per heavy atom. The van der Waals surface area contributed by atoms with Gasteiger partial charge in [0.05, 0.1) is 26.2 Å². The van der Waals surface area contributed by atoms with Gasteiger partial charge in [0.15, 0.2) is 0 Å². The number of unbranched alkanes of at least 4 members (excludes halogenated alkanes) is 4. The molecule has 0 rings (SSSR count). The Bertz CT molecular complexity index is 137. The fourth-order valence-corrected chi connectivity index (χ4v) is 2.64. The molecule has 0 atom stereocenters. The third-order valence-electron chi connectivity index (χ3n) is 3.94. The van der Waals surface area contributed by atoms with Gasteiger partial charge in [-0.25, -0.2) is 0 Å². The lowest BCUT2D eigenvalue weighted by atomic mass is 10.1. The zero-order valence-electron chi connectivity index (χ0n) is 14.8. The minimum atomic E-state index is 0. The van der Waals surface area contributed by atoms with Crippen molar-refractivity contribution in [3.8, 4) is 0 Å². The van der Waals surface area contributed by atoms with Crippen molar-refractivity contribution in [2.75, 3.05) is 26.2 Å². The van der Waals surface area contributed by atoms with Crippen molar-refractivity contribution in [1.82, 2.24) is 0 Å². The summed E-state index contributed by atoms with van der Waals surface area (Å²) in [6.07, 6.45) is 11.1. The molecule has 0 saturated carbocycles. The molecule has 0 fully saturated rings. The zero-order valence-corrected chi connectivity index (χ0v) is 20.0. The summed E-state index contributed by atoms with van der Waals surface area (Å²) in [5, 5.41) is 0. The normalized spacial score (nSPS) is 9.55. The van der Waals surface area contributed by atoms with Crippen molar-refractivity contribution >= 4 is 30.4 Å². The fourth-order valence-electron chi connectivity index (χ4n) is 2.64. The molecule has 0 amide bonds. The summed E-state index contributed by atoms with van der Waals surface area (Å²) in [6, 6.07) is 0. The molecule has 0 aromatic carbocycles. The first-order valence-electron chi connectivity index (χ1n) is 8.24. The van der Waals surface area contributed by atoms with Gasteiger partial charge in [0.1, 0.15) is 0 Å². The summed E-state index contributed by atoms with van der Waals surface area (Å²) in [7, 11) is 4.61. The second kappa shape index (κ2) is 27.7. The third kappa shape index (κ3) is 19.9. The van der Waals surface area contributed by atoms with E-state index in [-0.39, 0.29) is 37.2 Å². The summed E-state index contributed by atoms with van der Waals surface area (Å²) in [6.45, 7) is 15.0. The molecule has 0 spiro atoms. The van der Waals surface area contributed by atoms with Crippen LogP contribution in [-0.4, -0.2) is 30.7 Å². The zero-order chi connectivity index (χ0) is 15.0. The van der Waals surface area contributed by atoms with E-state index in [1.807, 2.05) is 0 Å². The molecule has 22 heavy (non-hydrogen) atoms. The molecule has 0 aliphatic carbocycles. The van der Waals surface area contributed by atoms with Crippen LogP contribution < -0.4 is 37.2 Å². The first-order valence-corrected chi connectivity index (χ1v) is 11.0. The highest BCUT2D eigenvalue weighted by Crippen LogP contribution is 2.16. The van der Waals surface area contributed by atoms with E-state index < -0.39 is 0 Å². The van der Waals surface area contributed by atoms with Crippen molar-refractivity contribution in [1.29, 1.82) is 0 Å².